The molecule has 0 spiro atoms. The fourth-order valence-corrected chi connectivity index (χ4v) is 3.25. The van der Waals surface area contributed by atoms with Crippen LogP contribution in [0.15, 0.2) is 11.6 Å². The van der Waals surface area contributed by atoms with E-state index in [4.69, 9.17) is 9.47 Å². The smallest absolute Gasteiger partial charge is 0.333 e. The zero-order chi connectivity index (χ0) is 16.7. The molecule has 0 amide bonds. The molecule has 0 heterocycles. The van der Waals surface area contributed by atoms with Gasteiger partial charge in [0.05, 0.1) is 7.11 Å². The van der Waals surface area contributed by atoms with Crippen molar-refractivity contribution >= 4 is 11.9 Å². The summed E-state index contributed by atoms with van der Waals surface area (Å²) in [6, 6.07) is 0. The Balaban J connectivity index is 2.56. The molecular formula is C18H30O4. The molecule has 3 atom stereocenters. The van der Waals surface area contributed by atoms with Crippen molar-refractivity contribution in [2.24, 2.45) is 17.8 Å². The average Bonchev–Trinajstić information content (AvgIpc) is 2.45. The maximum atomic E-state index is 11.5. The van der Waals surface area contributed by atoms with Crippen molar-refractivity contribution in [2.45, 2.75) is 65.9 Å². The van der Waals surface area contributed by atoms with E-state index in [2.05, 4.69) is 20.8 Å². The summed E-state index contributed by atoms with van der Waals surface area (Å²) in [5.74, 6) is 1.11. The number of rotatable bonds is 7. The van der Waals surface area contributed by atoms with E-state index in [-0.39, 0.29) is 18.0 Å². The Bertz CT molecular complexity index is 411. The van der Waals surface area contributed by atoms with Crippen molar-refractivity contribution in [1.29, 1.82) is 0 Å². The first-order valence-electron chi connectivity index (χ1n) is 8.28. The highest BCUT2D eigenvalue weighted by molar-refractivity contribution is 5.88. The van der Waals surface area contributed by atoms with Crippen molar-refractivity contribution in [1.82, 2.24) is 0 Å². The van der Waals surface area contributed by atoms with Gasteiger partial charge in [-0.25, -0.2) is 4.79 Å². The lowest BCUT2D eigenvalue weighted by Crippen LogP contribution is -2.25. The van der Waals surface area contributed by atoms with Crippen molar-refractivity contribution in [3.8, 4) is 0 Å². The minimum Gasteiger partial charge on any atom is -0.466 e. The maximum absolute atomic E-state index is 11.5. The highest BCUT2D eigenvalue weighted by Gasteiger charge is 2.26. The number of ether oxygens (including phenoxy) is 2. The van der Waals surface area contributed by atoms with Crippen LogP contribution in [0.25, 0.3) is 0 Å². The second kappa shape index (κ2) is 8.96. The summed E-state index contributed by atoms with van der Waals surface area (Å²) in [6.07, 6.45) is 6.49. The molecule has 0 aromatic heterocycles. The Morgan fingerprint density at radius 2 is 1.95 bits per heavy atom. The lowest BCUT2D eigenvalue weighted by molar-refractivity contribution is -0.148. The van der Waals surface area contributed by atoms with E-state index in [1.54, 1.807) is 0 Å². The summed E-state index contributed by atoms with van der Waals surface area (Å²) in [4.78, 5) is 22.8. The van der Waals surface area contributed by atoms with Gasteiger partial charge < -0.3 is 9.47 Å². The molecule has 0 radical (unpaired) electrons. The normalized spacial score (nSPS) is 21.0. The van der Waals surface area contributed by atoms with E-state index < -0.39 is 0 Å². The number of carbonyl (C=O) groups excluding carboxylic acids is 2. The zero-order valence-electron chi connectivity index (χ0n) is 14.6. The highest BCUT2D eigenvalue weighted by atomic mass is 16.5. The third kappa shape index (κ3) is 6.20. The maximum Gasteiger partial charge on any atom is 0.333 e. The van der Waals surface area contributed by atoms with E-state index in [0.29, 0.717) is 17.8 Å². The van der Waals surface area contributed by atoms with Crippen molar-refractivity contribution in [2.75, 3.05) is 7.11 Å². The van der Waals surface area contributed by atoms with Crippen LogP contribution in [0.5, 0.6) is 0 Å². The fraction of sp³-hybridized carbons (Fsp3) is 0.778. The van der Waals surface area contributed by atoms with Crippen LogP contribution in [0.3, 0.4) is 0 Å². The van der Waals surface area contributed by atoms with Crippen LogP contribution in [0.2, 0.25) is 0 Å². The molecule has 0 saturated carbocycles. The minimum absolute atomic E-state index is 0.00140. The quantitative estimate of drug-likeness (QED) is 0.669. The third-order valence-electron chi connectivity index (χ3n) is 4.41. The second-order valence-electron chi connectivity index (χ2n) is 6.83. The lowest BCUT2D eigenvalue weighted by Gasteiger charge is -2.30. The van der Waals surface area contributed by atoms with Crippen LogP contribution < -0.4 is 0 Å². The summed E-state index contributed by atoms with van der Waals surface area (Å²) in [5, 5.41) is 0. The summed E-state index contributed by atoms with van der Waals surface area (Å²) in [6.45, 7) is 7.99. The summed E-state index contributed by atoms with van der Waals surface area (Å²) < 4.78 is 10.2. The summed E-state index contributed by atoms with van der Waals surface area (Å²) >= 11 is 0. The molecule has 1 aliphatic rings. The Morgan fingerprint density at radius 3 is 2.41 bits per heavy atom. The largest absolute Gasteiger partial charge is 0.466 e. The SMILES string of the molecule is COC(=O)C1=CCC(C(C)CC(CC(C)C)OC(C)=O)CC1. The molecule has 22 heavy (non-hydrogen) atoms. The van der Waals surface area contributed by atoms with Gasteiger partial charge in [0, 0.05) is 12.5 Å². The summed E-state index contributed by atoms with van der Waals surface area (Å²) in [7, 11) is 1.42. The van der Waals surface area contributed by atoms with Gasteiger partial charge >= 0.3 is 11.9 Å². The van der Waals surface area contributed by atoms with Crippen LogP contribution in [0, 0.1) is 17.8 Å². The number of methoxy groups -OCH3 is 1. The Hall–Kier alpha value is -1.32. The zero-order valence-corrected chi connectivity index (χ0v) is 14.6. The van der Waals surface area contributed by atoms with Gasteiger partial charge in [-0.05, 0) is 49.9 Å². The molecular weight excluding hydrogens is 280 g/mol. The summed E-state index contributed by atoms with van der Waals surface area (Å²) in [5.41, 5.74) is 0.796. The molecule has 0 N–H and O–H groups in total. The van der Waals surface area contributed by atoms with Crippen molar-refractivity contribution in [3.63, 3.8) is 0 Å². The fourth-order valence-electron chi connectivity index (χ4n) is 3.25. The van der Waals surface area contributed by atoms with Crippen LogP contribution >= 0.6 is 0 Å². The van der Waals surface area contributed by atoms with Gasteiger partial charge in [-0.3, -0.25) is 4.79 Å². The van der Waals surface area contributed by atoms with Crippen molar-refractivity contribution < 1.29 is 19.1 Å². The van der Waals surface area contributed by atoms with Gasteiger partial charge in [0.2, 0.25) is 0 Å². The van der Waals surface area contributed by atoms with Gasteiger partial charge in [0.25, 0.3) is 0 Å². The number of hydrogen-bond acceptors (Lipinski definition) is 4. The third-order valence-corrected chi connectivity index (χ3v) is 4.41. The first kappa shape index (κ1) is 18.7. The van der Waals surface area contributed by atoms with Crippen molar-refractivity contribution in [3.05, 3.63) is 11.6 Å². The highest BCUT2D eigenvalue weighted by Crippen LogP contribution is 2.33. The van der Waals surface area contributed by atoms with Gasteiger partial charge in [0.1, 0.15) is 6.10 Å². The molecule has 126 valence electrons. The molecule has 4 heteroatoms. The predicted molar refractivity (Wildman–Crippen MR) is 86.2 cm³/mol. The molecule has 0 bridgehead atoms. The van der Waals surface area contributed by atoms with E-state index >= 15 is 0 Å². The molecule has 0 aromatic carbocycles. The van der Waals surface area contributed by atoms with E-state index in [9.17, 15) is 9.59 Å². The number of hydrogen-bond donors (Lipinski definition) is 0. The molecule has 1 rings (SSSR count). The molecule has 0 aromatic rings. The standard InChI is InChI=1S/C18H30O4/c1-12(2)10-17(22-14(4)19)11-13(3)15-6-8-16(9-7-15)18(20)21-5/h8,12-13,15,17H,6-7,9-11H2,1-5H3. The first-order chi connectivity index (χ1) is 10.3. The van der Waals surface area contributed by atoms with Crippen LogP contribution in [0.4, 0.5) is 0 Å². The van der Waals surface area contributed by atoms with Crippen LogP contribution in [-0.4, -0.2) is 25.2 Å². The Kier molecular flexibility index (Phi) is 7.63. The topological polar surface area (TPSA) is 52.6 Å². The first-order valence-corrected chi connectivity index (χ1v) is 8.28. The average molecular weight is 310 g/mol. The lowest BCUT2D eigenvalue weighted by atomic mass is 9.78. The van der Waals surface area contributed by atoms with E-state index in [1.807, 2.05) is 6.08 Å². The monoisotopic (exact) mass is 310 g/mol. The van der Waals surface area contributed by atoms with Gasteiger partial charge in [-0.1, -0.05) is 26.8 Å². The van der Waals surface area contributed by atoms with Gasteiger partial charge in [0.15, 0.2) is 0 Å². The molecule has 3 unspecified atom stereocenters. The molecule has 1 aliphatic carbocycles. The Labute approximate surface area is 134 Å². The molecule has 0 aliphatic heterocycles. The number of esters is 2. The van der Waals surface area contributed by atoms with Crippen LogP contribution in [0.1, 0.15) is 59.8 Å². The van der Waals surface area contributed by atoms with E-state index in [0.717, 1.165) is 37.7 Å². The predicted octanol–water partition coefficient (Wildman–Crippen LogP) is 3.89. The molecule has 0 saturated heterocycles. The molecule has 0 fully saturated rings. The van der Waals surface area contributed by atoms with E-state index in [1.165, 1.54) is 14.0 Å². The van der Waals surface area contributed by atoms with Gasteiger partial charge in [-0.2, -0.15) is 0 Å². The number of carbonyl (C=O) groups is 2. The van der Waals surface area contributed by atoms with Gasteiger partial charge in [-0.15, -0.1) is 0 Å². The van der Waals surface area contributed by atoms with Crippen LogP contribution in [-0.2, 0) is 19.1 Å². The second-order valence-corrected chi connectivity index (χ2v) is 6.83. The minimum atomic E-state index is -0.205. The Morgan fingerprint density at radius 1 is 1.27 bits per heavy atom. The number of allylic oxidation sites excluding steroid dienone is 1. The molecule has 4 nitrogen and oxygen atoms in total.